The topological polar surface area (TPSA) is 130 Å². The van der Waals surface area contributed by atoms with Gasteiger partial charge in [0, 0.05) is 18.1 Å². The maximum Gasteiger partial charge on any atom is 0.338 e. The Morgan fingerprint density at radius 3 is 2.57 bits per heavy atom. The number of carbonyl (C=O) groups excluding carboxylic acids is 2. The second-order valence-electron chi connectivity index (χ2n) is 6.14. The van der Waals surface area contributed by atoms with E-state index in [1.165, 1.54) is 13.1 Å². The zero-order valence-electron chi connectivity index (χ0n) is 14.7. The number of amides is 1. The van der Waals surface area contributed by atoms with E-state index in [9.17, 15) is 14.4 Å². The van der Waals surface area contributed by atoms with Crippen molar-refractivity contribution in [3.63, 3.8) is 0 Å². The molecule has 140 valence electrons. The standard InChI is InChI=1S/C19H15N5O4/c1-10(17(25)22-12-3-5-14-16(9-12)24-19(27)23-14)28-18(26)11-2-4-13-15(8-11)21-7-6-20-13/h2-10H,1H3,(H,22,25)(H2,23,24,27)/t10-/m0/s1. The van der Waals surface area contributed by atoms with Crippen molar-refractivity contribution in [2.45, 2.75) is 13.0 Å². The Hall–Kier alpha value is -4.01. The van der Waals surface area contributed by atoms with E-state index in [1.54, 1.807) is 42.6 Å². The fourth-order valence-electron chi connectivity index (χ4n) is 2.73. The molecule has 2 heterocycles. The molecule has 0 aliphatic heterocycles. The van der Waals surface area contributed by atoms with Crippen LogP contribution < -0.4 is 11.0 Å². The molecule has 0 saturated heterocycles. The van der Waals surface area contributed by atoms with E-state index in [0.29, 0.717) is 27.8 Å². The van der Waals surface area contributed by atoms with Crippen molar-refractivity contribution in [2.24, 2.45) is 0 Å². The molecule has 2 aromatic heterocycles. The number of imidazole rings is 1. The van der Waals surface area contributed by atoms with Crippen molar-refractivity contribution < 1.29 is 14.3 Å². The van der Waals surface area contributed by atoms with Crippen LogP contribution in [0.25, 0.3) is 22.1 Å². The third kappa shape index (κ3) is 3.45. The SMILES string of the molecule is C[C@H](OC(=O)c1ccc2nccnc2c1)C(=O)Nc1ccc2[nH]c(=O)[nH]c2c1. The Morgan fingerprint density at radius 2 is 1.75 bits per heavy atom. The summed E-state index contributed by atoms with van der Waals surface area (Å²) in [5, 5.41) is 2.66. The average molecular weight is 377 g/mol. The van der Waals surface area contributed by atoms with Crippen LogP contribution in [0.5, 0.6) is 0 Å². The summed E-state index contributed by atoms with van der Waals surface area (Å²) in [6.07, 6.45) is 2.07. The summed E-state index contributed by atoms with van der Waals surface area (Å²) < 4.78 is 5.25. The number of nitrogens with zero attached hydrogens (tertiary/aromatic N) is 2. The molecule has 0 fully saturated rings. The van der Waals surface area contributed by atoms with Gasteiger partial charge in [-0.15, -0.1) is 0 Å². The number of H-pyrrole nitrogens is 2. The number of hydrogen-bond donors (Lipinski definition) is 3. The smallest absolute Gasteiger partial charge is 0.338 e. The molecule has 28 heavy (non-hydrogen) atoms. The maximum absolute atomic E-state index is 12.3. The fourth-order valence-corrected chi connectivity index (χ4v) is 2.73. The second-order valence-corrected chi connectivity index (χ2v) is 6.14. The number of aromatic amines is 2. The lowest BCUT2D eigenvalue weighted by Crippen LogP contribution is -2.30. The predicted octanol–water partition coefficient (Wildman–Crippen LogP) is 1.98. The second kappa shape index (κ2) is 6.95. The first-order chi connectivity index (χ1) is 13.5. The van der Waals surface area contributed by atoms with Crippen LogP contribution in [0.15, 0.2) is 53.6 Å². The number of hydrogen-bond acceptors (Lipinski definition) is 6. The van der Waals surface area contributed by atoms with Gasteiger partial charge in [0.1, 0.15) is 0 Å². The highest BCUT2D eigenvalue weighted by atomic mass is 16.5. The minimum atomic E-state index is -1.02. The number of esters is 1. The summed E-state index contributed by atoms with van der Waals surface area (Å²) in [5.74, 6) is -1.13. The Bertz CT molecular complexity index is 1260. The van der Waals surface area contributed by atoms with Crippen molar-refractivity contribution in [3.8, 4) is 0 Å². The van der Waals surface area contributed by atoms with Gasteiger partial charge in [-0.3, -0.25) is 14.8 Å². The molecule has 0 aliphatic rings. The highest BCUT2D eigenvalue weighted by Crippen LogP contribution is 2.16. The van der Waals surface area contributed by atoms with Crippen LogP contribution in [0.1, 0.15) is 17.3 Å². The van der Waals surface area contributed by atoms with Gasteiger partial charge in [0.25, 0.3) is 5.91 Å². The molecule has 1 amide bonds. The van der Waals surface area contributed by atoms with Crippen LogP contribution in [-0.4, -0.2) is 37.9 Å². The summed E-state index contributed by atoms with van der Waals surface area (Å²) in [6, 6.07) is 9.71. The van der Waals surface area contributed by atoms with E-state index >= 15 is 0 Å². The fraction of sp³-hybridized carbons (Fsp3) is 0.105. The summed E-state index contributed by atoms with van der Waals surface area (Å²) in [6.45, 7) is 1.48. The highest BCUT2D eigenvalue weighted by molar-refractivity contribution is 5.99. The quantitative estimate of drug-likeness (QED) is 0.466. The largest absolute Gasteiger partial charge is 0.449 e. The molecule has 4 aromatic rings. The minimum absolute atomic E-state index is 0.277. The van der Waals surface area contributed by atoms with E-state index in [0.717, 1.165) is 0 Å². The minimum Gasteiger partial charge on any atom is -0.449 e. The third-order valence-corrected chi connectivity index (χ3v) is 4.14. The van der Waals surface area contributed by atoms with Crippen molar-refractivity contribution >= 4 is 39.6 Å². The van der Waals surface area contributed by atoms with Crippen LogP contribution >= 0.6 is 0 Å². The molecule has 0 radical (unpaired) electrons. The van der Waals surface area contributed by atoms with Crippen molar-refractivity contribution in [2.75, 3.05) is 5.32 Å². The molecule has 9 heteroatoms. The van der Waals surface area contributed by atoms with Gasteiger partial charge in [0.2, 0.25) is 0 Å². The Kier molecular flexibility index (Phi) is 4.32. The Balaban J connectivity index is 1.45. The van der Waals surface area contributed by atoms with E-state index in [1.807, 2.05) is 0 Å². The molecule has 9 nitrogen and oxygen atoms in total. The van der Waals surface area contributed by atoms with E-state index in [2.05, 4.69) is 25.3 Å². The van der Waals surface area contributed by atoms with Gasteiger partial charge in [-0.05, 0) is 43.3 Å². The normalized spacial score (nSPS) is 12.0. The van der Waals surface area contributed by atoms with E-state index in [-0.39, 0.29) is 11.3 Å². The predicted molar refractivity (Wildman–Crippen MR) is 102 cm³/mol. The summed E-state index contributed by atoms with van der Waals surface area (Å²) >= 11 is 0. The molecule has 0 aliphatic carbocycles. The Labute approximate surface area is 157 Å². The lowest BCUT2D eigenvalue weighted by molar-refractivity contribution is -0.123. The number of ether oxygens (including phenoxy) is 1. The molecule has 2 aromatic carbocycles. The molecule has 0 spiro atoms. The van der Waals surface area contributed by atoms with Crippen LogP contribution in [0, 0.1) is 0 Å². The first-order valence-electron chi connectivity index (χ1n) is 8.44. The first-order valence-corrected chi connectivity index (χ1v) is 8.44. The zero-order chi connectivity index (χ0) is 19.7. The van der Waals surface area contributed by atoms with E-state index < -0.39 is 18.0 Å². The van der Waals surface area contributed by atoms with Gasteiger partial charge in [0.15, 0.2) is 6.10 Å². The molecule has 0 unspecified atom stereocenters. The molecule has 0 saturated carbocycles. The third-order valence-electron chi connectivity index (χ3n) is 4.14. The number of carbonyl (C=O) groups is 2. The van der Waals surface area contributed by atoms with Gasteiger partial charge in [-0.25, -0.2) is 9.59 Å². The monoisotopic (exact) mass is 377 g/mol. The lowest BCUT2D eigenvalue weighted by atomic mass is 10.2. The summed E-state index contributed by atoms with van der Waals surface area (Å²) in [7, 11) is 0. The van der Waals surface area contributed by atoms with Gasteiger partial charge in [-0.2, -0.15) is 0 Å². The molecule has 1 atom stereocenters. The van der Waals surface area contributed by atoms with Crippen LogP contribution in [0.4, 0.5) is 5.69 Å². The Morgan fingerprint density at radius 1 is 1.00 bits per heavy atom. The van der Waals surface area contributed by atoms with Crippen molar-refractivity contribution in [3.05, 3.63) is 64.8 Å². The molecule has 3 N–H and O–H groups in total. The molecular weight excluding hydrogens is 362 g/mol. The number of nitrogens with one attached hydrogen (secondary N) is 3. The van der Waals surface area contributed by atoms with E-state index in [4.69, 9.17) is 4.74 Å². The van der Waals surface area contributed by atoms with Gasteiger partial charge >= 0.3 is 11.7 Å². The number of benzene rings is 2. The molecule has 4 rings (SSSR count). The zero-order valence-corrected chi connectivity index (χ0v) is 14.7. The van der Waals surface area contributed by atoms with Crippen LogP contribution in [-0.2, 0) is 9.53 Å². The number of rotatable bonds is 4. The number of fused-ring (bicyclic) bond motifs is 2. The average Bonchev–Trinajstić information content (AvgIpc) is 3.06. The first kappa shape index (κ1) is 17.4. The van der Waals surface area contributed by atoms with Crippen LogP contribution in [0.2, 0.25) is 0 Å². The van der Waals surface area contributed by atoms with Crippen molar-refractivity contribution in [1.82, 2.24) is 19.9 Å². The summed E-state index contributed by atoms with van der Waals surface area (Å²) in [5.41, 5.74) is 2.81. The van der Waals surface area contributed by atoms with Crippen LogP contribution in [0.3, 0.4) is 0 Å². The van der Waals surface area contributed by atoms with Gasteiger partial charge in [0.05, 0.1) is 27.6 Å². The lowest BCUT2D eigenvalue weighted by Gasteiger charge is -2.13. The maximum atomic E-state index is 12.3. The summed E-state index contributed by atoms with van der Waals surface area (Å²) in [4.78, 5) is 49.5. The van der Waals surface area contributed by atoms with Gasteiger partial charge < -0.3 is 20.0 Å². The highest BCUT2D eigenvalue weighted by Gasteiger charge is 2.19. The number of anilines is 1. The van der Waals surface area contributed by atoms with Crippen molar-refractivity contribution in [1.29, 1.82) is 0 Å². The number of aromatic nitrogens is 4. The molecular formula is C19H15N5O4. The molecule has 0 bridgehead atoms. The van der Waals surface area contributed by atoms with Gasteiger partial charge in [-0.1, -0.05) is 0 Å².